The first-order chi connectivity index (χ1) is 12.9. The van der Waals surface area contributed by atoms with Crippen molar-refractivity contribution in [1.29, 1.82) is 0 Å². The second kappa shape index (κ2) is 5.89. The molecule has 2 aromatic rings. The Morgan fingerprint density at radius 1 is 0.963 bits per heavy atom. The molecule has 3 fully saturated rings. The standard InChI is InChI=1S/C22H26NO2PS/c1-21(2)17-13-14-22(21)16-27(24,25)23(20(22)15-17)26(18-9-5-3-6-10-18)19-11-7-4-8-12-19/h3-12,17,20H,13-16H2,1-2H3. The molecular weight excluding hydrogens is 373 g/mol. The molecule has 5 heteroatoms. The molecule has 0 radical (unpaired) electrons. The molecule has 1 spiro atoms. The maximum Gasteiger partial charge on any atom is 0.218 e. The quantitative estimate of drug-likeness (QED) is 0.735. The van der Waals surface area contributed by atoms with Gasteiger partial charge in [-0.15, -0.1) is 0 Å². The smallest absolute Gasteiger partial charge is 0.212 e. The maximum atomic E-state index is 13.6. The molecule has 5 rings (SSSR count). The van der Waals surface area contributed by atoms with E-state index < -0.39 is 18.1 Å². The van der Waals surface area contributed by atoms with Gasteiger partial charge in [-0.25, -0.2) is 8.42 Å². The van der Waals surface area contributed by atoms with Gasteiger partial charge in [0, 0.05) is 19.5 Å². The SMILES string of the molecule is CC1(C)C2CCC13CS(=O)(=O)N(P(c1ccccc1)c1ccccc1)C3C2. The Bertz CT molecular complexity index is 921. The van der Waals surface area contributed by atoms with Crippen molar-refractivity contribution in [3.63, 3.8) is 0 Å². The van der Waals surface area contributed by atoms with E-state index in [9.17, 15) is 8.42 Å². The van der Waals surface area contributed by atoms with E-state index in [4.69, 9.17) is 0 Å². The minimum Gasteiger partial charge on any atom is -0.212 e. The van der Waals surface area contributed by atoms with Crippen LogP contribution in [-0.4, -0.2) is 24.3 Å². The fraction of sp³-hybridized carbons (Fsp3) is 0.455. The Morgan fingerprint density at radius 2 is 1.52 bits per heavy atom. The molecule has 3 unspecified atom stereocenters. The van der Waals surface area contributed by atoms with Gasteiger partial charge in [0.1, 0.15) is 0 Å². The molecular formula is C22H26NO2PS. The molecule has 0 N–H and O–H groups in total. The summed E-state index contributed by atoms with van der Waals surface area (Å²) in [6, 6.07) is 20.6. The number of rotatable bonds is 3. The predicted octanol–water partition coefficient (Wildman–Crippen LogP) is 3.87. The molecule has 2 saturated carbocycles. The van der Waals surface area contributed by atoms with E-state index in [1.807, 2.05) is 40.5 Å². The van der Waals surface area contributed by atoms with Crippen molar-refractivity contribution in [3.05, 3.63) is 60.7 Å². The maximum absolute atomic E-state index is 13.6. The summed E-state index contributed by atoms with van der Waals surface area (Å²) < 4.78 is 29.1. The Hall–Kier alpha value is -1.22. The highest BCUT2D eigenvalue weighted by molar-refractivity contribution is 7.97. The van der Waals surface area contributed by atoms with Crippen molar-refractivity contribution < 1.29 is 8.42 Å². The van der Waals surface area contributed by atoms with Gasteiger partial charge in [-0.1, -0.05) is 74.5 Å². The molecule has 0 amide bonds. The molecule has 3 aliphatic rings. The number of hydrogen-bond acceptors (Lipinski definition) is 2. The van der Waals surface area contributed by atoms with Crippen LogP contribution in [0.3, 0.4) is 0 Å². The van der Waals surface area contributed by atoms with E-state index in [-0.39, 0.29) is 16.9 Å². The highest BCUT2D eigenvalue weighted by Crippen LogP contribution is 2.72. The van der Waals surface area contributed by atoms with Gasteiger partial charge in [0.2, 0.25) is 10.0 Å². The van der Waals surface area contributed by atoms with Crippen LogP contribution in [0, 0.1) is 16.7 Å². The highest BCUT2D eigenvalue weighted by atomic mass is 32.2. The Morgan fingerprint density at radius 3 is 2.04 bits per heavy atom. The van der Waals surface area contributed by atoms with Crippen LogP contribution in [0.15, 0.2) is 60.7 Å². The Kier molecular flexibility index (Phi) is 3.89. The number of benzene rings is 2. The van der Waals surface area contributed by atoms with E-state index in [2.05, 4.69) is 38.1 Å². The average Bonchev–Trinajstić information content (AvgIpc) is 3.13. The summed E-state index contributed by atoms with van der Waals surface area (Å²) in [5, 5.41) is 2.25. The van der Waals surface area contributed by atoms with Gasteiger partial charge < -0.3 is 0 Å². The summed E-state index contributed by atoms with van der Waals surface area (Å²) in [6.45, 7) is 4.63. The first-order valence-electron chi connectivity index (χ1n) is 9.79. The van der Waals surface area contributed by atoms with Crippen molar-refractivity contribution in [1.82, 2.24) is 4.08 Å². The van der Waals surface area contributed by atoms with Gasteiger partial charge in [-0.3, -0.25) is 0 Å². The third-order valence-electron chi connectivity index (χ3n) is 7.58. The molecule has 1 aliphatic heterocycles. The normalized spacial score (nSPS) is 33.4. The molecule has 0 aromatic heterocycles. The molecule has 27 heavy (non-hydrogen) atoms. The fourth-order valence-electron chi connectivity index (χ4n) is 6.05. The van der Waals surface area contributed by atoms with Gasteiger partial charge in [0.15, 0.2) is 0 Å². The van der Waals surface area contributed by atoms with E-state index in [0.29, 0.717) is 11.7 Å². The van der Waals surface area contributed by atoms with Gasteiger partial charge in [0.25, 0.3) is 0 Å². The first-order valence-corrected chi connectivity index (χ1v) is 12.7. The molecule has 2 aromatic carbocycles. The van der Waals surface area contributed by atoms with Gasteiger partial charge in [0.05, 0.1) is 5.75 Å². The third-order valence-corrected chi connectivity index (χ3v) is 12.8. The Balaban J connectivity index is 1.69. The minimum atomic E-state index is -3.29. The van der Waals surface area contributed by atoms with Crippen LogP contribution < -0.4 is 10.6 Å². The lowest BCUT2D eigenvalue weighted by Gasteiger charge is -2.39. The molecule has 3 atom stereocenters. The lowest BCUT2D eigenvalue weighted by Crippen LogP contribution is -2.42. The van der Waals surface area contributed by atoms with E-state index in [1.165, 1.54) is 6.42 Å². The average molecular weight is 399 g/mol. The van der Waals surface area contributed by atoms with Crippen LogP contribution in [0.1, 0.15) is 33.1 Å². The minimum absolute atomic E-state index is 0.0827. The monoisotopic (exact) mass is 399 g/mol. The van der Waals surface area contributed by atoms with E-state index >= 15 is 0 Å². The molecule has 2 aliphatic carbocycles. The van der Waals surface area contributed by atoms with Crippen molar-refractivity contribution in [2.75, 3.05) is 5.75 Å². The van der Waals surface area contributed by atoms with Crippen molar-refractivity contribution >= 4 is 28.7 Å². The summed E-state index contributed by atoms with van der Waals surface area (Å²) in [7, 11) is -4.38. The van der Waals surface area contributed by atoms with E-state index in [0.717, 1.165) is 23.5 Å². The highest BCUT2D eigenvalue weighted by Gasteiger charge is 2.72. The van der Waals surface area contributed by atoms with Crippen LogP contribution in [-0.2, 0) is 10.0 Å². The summed E-state index contributed by atoms with van der Waals surface area (Å²) in [4.78, 5) is 0. The van der Waals surface area contributed by atoms with Crippen LogP contribution in [0.25, 0.3) is 0 Å². The van der Waals surface area contributed by atoms with Crippen LogP contribution in [0.2, 0.25) is 0 Å². The Labute approximate surface area is 163 Å². The first kappa shape index (κ1) is 17.8. The summed E-state index contributed by atoms with van der Waals surface area (Å²) in [5.74, 6) is 0.969. The van der Waals surface area contributed by atoms with Crippen LogP contribution >= 0.6 is 8.07 Å². The van der Waals surface area contributed by atoms with Gasteiger partial charge in [-0.2, -0.15) is 4.08 Å². The lowest BCUT2D eigenvalue weighted by atomic mass is 9.69. The summed E-state index contributed by atoms with van der Waals surface area (Å²) in [6.07, 6.45) is 3.25. The second-order valence-electron chi connectivity index (χ2n) is 8.88. The zero-order valence-corrected chi connectivity index (χ0v) is 17.6. The van der Waals surface area contributed by atoms with Crippen LogP contribution in [0.4, 0.5) is 0 Å². The largest absolute Gasteiger partial charge is 0.218 e. The molecule has 1 saturated heterocycles. The van der Waals surface area contributed by atoms with Crippen molar-refractivity contribution in [3.8, 4) is 0 Å². The number of hydrogen-bond donors (Lipinski definition) is 0. The summed E-state index contributed by atoms with van der Waals surface area (Å²) >= 11 is 0. The number of sulfonamides is 1. The zero-order valence-electron chi connectivity index (χ0n) is 15.9. The third kappa shape index (κ3) is 2.36. The van der Waals surface area contributed by atoms with Crippen molar-refractivity contribution in [2.24, 2.45) is 16.7 Å². The lowest BCUT2D eigenvalue weighted by molar-refractivity contribution is 0.133. The van der Waals surface area contributed by atoms with Gasteiger partial charge in [-0.05, 0) is 41.2 Å². The zero-order chi connectivity index (χ0) is 18.9. The number of nitrogens with zero attached hydrogens (tertiary/aromatic N) is 1. The van der Waals surface area contributed by atoms with Gasteiger partial charge >= 0.3 is 0 Å². The molecule has 3 nitrogen and oxygen atoms in total. The van der Waals surface area contributed by atoms with E-state index in [1.54, 1.807) is 0 Å². The van der Waals surface area contributed by atoms with Crippen LogP contribution in [0.5, 0.6) is 0 Å². The predicted molar refractivity (Wildman–Crippen MR) is 112 cm³/mol. The second-order valence-corrected chi connectivity index (χ2v) is 13.1. The number of fused-ring (bicyclic) bond motifs is 1. The molecule has 1 heterocycles. The molecule has 2 bridgehead atoms. The fourth-order valence-corrected chi connectivity index (χ4v) is 12.2. The summed E-state index contributed by atoms with van der Waals surface area (Å²) in [5.41, 5.74) is 0.0223. The topological polar surface area (TPSA) is 37.4 Å². The van der Waals surface area contributed by atoms with Crippen molar-refractivity contribution in [2.45, 2.75) is 39.2 Å². The molecule has 142 valence electrons.